The summed E-state index contributed by atoms with van der Waals surface area (Å²) < 4.78 is 31.5. The Balaban J connectivity index is 1.83. The Hall–Kier alpha value is -1.44. The van der Waals surface area contributed by atoms with Gasteiger partial charge in [-0.25, -0.2) is 8.42 Å². The Morgan fingerprint density at radius 1 is 1.45 bits per heavy atom. The molecule has 1 unspecified atom stereocenters. The maximum Gasteiger partial charge on any atom is 0.220 e. The van der Waals surface area contributed by atoms with Gasteiger partial charge in [0.25, 0.3) is 0 Å². The lowest BCUT2D eigenvalue weighted by atomic mass is 10.2. The summed E-state index contributed by atoms with van der Waals surface area (Å²) in [5.74, 6) is -0.111. The Kier molecular flexibility index (Phi) is 3.49. The normalized spacial score (nSPS) is 20.8. The Morgan fingerprint density at radius 3 is 3.00 bits per heavy atom. The lowest BCUT2D eigenvalue weighted by Gasteiger charge is -2.15. The number of fused-ring (bicyclic) bond motifs is 1. The van der Waals surface area contributed by atoms with Crippen LogP contribution in [0.4, 0.5) is 0 Å². The molecule has 108 valence electrons. The fourth-order valence-electron chi connectivity index (χ4n) is 2.52. The van der Waals surface area contributed by atoms with Gasteiger partial charge in [0.05, 0.1) is 0 Å². The van der Waals surface area contributed by atoms with Gasteiger partial charge in [-0.2, -0.15) is 4.31 Å². The van der Waals surface area contributed by atoms with Crippen molar-refractivity contribution < 1.29 is 12.9 Å². The highest BCUT2D eigenvalue weighted by Crippen LogP contribution is 2.22. The number of rotatable bonds is 4. The second kappa shape index (κ2) is 5.16. The third kappa shape index (κ3) is 2.44. The van der Waals surface area contributed by atoms with Gasteiger partial charge in [-0.15, -0.1) is 0 Å². The van der Waals surface area contributed by atoms with E-state index in [-0.39, 0.29) is 11.8 Å². The van der Waals surface area contributed by atoms with Crippen LogP contribution in [0.15, 0.2) is 28.8 Å². The standard InChI is InChI=1S/C13H17N3O3S/c1-14-10-6-7-16(8-10)20(17,18)9-12-11-4-2-3-5-13(11)19-15-12/h2-5,10,14H,6-9H2,1H3. The van der Waals surface area contributed by atoms with E-state index >= 15 is 0 Å². The summed E-state index contributed by atoms with van der Waals surface area (Å²) in [7, 11) is -1.49. The van der Waals surface area contributed by atoms with Crippen LogP contribution in [-0.2, 0) is 15.8 Å². The van der Waals surface area contributed by atoms with E-state index in [1.165, 1.54) is 4.31 Å². The summed E-state index contributed by atoms with van der Waals surface area (Å²) >= 11 is 0. The first-order valence-corrected chi connectivity index (χ1v) is 8.19. The van der Waals surface area contributed by atoms with E-state index in [4.69, 9.17) is 4.52 Å². The van der Waals surface area contributed by atoms with Gasteiger partial charge in [0.2, 0.25) is 10.0 Å². The molecule has 1 aliphatic rings. The van der Waals surface area contributed by atoms with E-state index in [9.17, 15) is 8.42 Å². The maximum atomic E-state index is 12.4. The first kappa shape index (κ1) is 13.5. The van der Waals surface area contributed by atoms with Crippen molar-refractivity contribution >= 4 is 21.0 Å². The number of nitrogens with one attached hydrogen (secondary N) is 1. The molecule has 2 aromatic rings. The SMILES string of the molecule is CNC1CCN(S(=O)(=O)Cc2noc3ccccc23)C1. The molecule has 1 N–H and O–H groups in total. The Labute approximate surface area is 117 Å². The van der Waals surface area contributed by atoms with Crippen molar-refractivity contribution in [3.05, 3.63) is 30.0 Å². The molecule has 6 nitrogen and oxygen atoms in total. The van der Waals surface area contributed by atoms with E-state index in [1.54, 1.807) is 6.07 Å². The number of sulfonamides is 1. The molecule has 1 aromatic heterocycles. The Bertz CT molecular complexity index is 710. The number of nitrogens with zero attached hydrogens (tertiary/aromatic N) is 2. The fraction of sp³-hybridized carbons (Fsp3) is 0.462. The number of likely N-dealkylation sites (N-methyl/N-ethyl adjacent to an activating group) is 1. The monoisotopic (exact) mass is 295 g/mol. The van der Waals surface area contributed by atoms with Crippen LogP contribution in [0.1, 0.15) is 12.1 Å². The molecule has 0 amide bonds. The van der Waals surface area contributed by atoms with Gasteiger partial charge in [0.15, 0.2) is 5.58 Å². The van der Waals surface area contributed by atoms with Gasteiger partial charge in [0, 0.05) is 24.5 Å². The van der Waals surface area contributed by atoms with E-state index in [2.05, 4.69) is 10.5 Å². The third-order valence-corrected chi connectivity index (χ3v) is 5.48. The average Bonchev–Trinajstić information content (AvgIpc) is 3.06. The second-order valence-corrected chi connectivity index (χ2v) is 6.98. The summed E-state index contributed by atoms with van der Waals surface area (Å²) in [5.41, 5.74) is 1.10. The first-order valence-electron chi connectivity index (χ1n) is 6.58. The number of aromatic nitrogens is 1. The molecule has 0 radical (unpaired) electrons. The minimum atomic E-state index is -3.35. The van der Waals surface area contributed by atoms with Crippen molar-refractivity contribution in [2.45, 2.75) is 18.2 Å². The number of para-hydroxylation sites is 1. The van der Waals surface area contributed by atoms with E-state index in [0.717, 1.165) is 11.8 Å². The van der Waals surface area contributed by atoms with Gasteiger partial charge in [0.1, 0.15) is 11.4 Å². The van der Waals surface area contributed by atoms with E-state index < -0.39 is 10.0 Å². The van der Waals surface area contributed by atoms with Crippen LogP contribution in [0, 0.1) is 0 Å². The molecule has 1 aliphatic heterocycles. The van der Waals surface area contributed by atoms with Crippen molar-refractivity contribution in [1.29, 1.82) is 0 Å². The van der Waals surface area contributed by atoms with Crippen molar-refractivity contribution in [3.63, 3.8) is 0 Å². The molecule has 3 rings (SSSR count). The van der Waals surface area contributed by atoms with Crippen molar-refractivity contribution in [1.82, 2.24) is 14.8 Å². The van der Waals surface area contributed by atoms with Crippen LogP contribution in [0.25, 0.3) is 11.0 Å². The molecule has 1 saturated heterocycles. The minimum Gasteiger partial charge on any atom is -0.356 e. The van der Waals surface area contributed by atoms with Gasteiger partial charge in [-0.1, -0.05) is 17.3 Å². The van der Waals surface area contributed by atoms with Crippen LogP contribution in [0.3, 0.4) is 0 Å². The molecule has 2 heterocycles. The number of benzene rings is 1. The lowest BCUT2D eigenvalue weighted by molar-refractivity contribution is 0.442. The van der Waals surface area contributed by atoms with Crippen LogP contribution < -0.4 is 5.32 Å². The van der Waals surface area contributed by atoms with Crippen LogP contribution in [0.2, 0.25) is 0 Å². The van der Waals surface area contributed by atoms with Crippen molar-refractivity contribution in [2.75, 3.05) is 20.1 Å². The molecule has 0 aliphatic carbocycles. The molecule has 7 heteroatoms. The van der Waals surface area contributed by atoms with Gasteiger partial charge in [-0.05, 0) is 25.6 Å². The summed E-state index contributed by atoms with van der Waals surface area (Å²) in [6.07, 6.45) is 0.843. The summed E-state index contributed by atoms with van der Waals surface area (Å²) in [5, 5.41) is 7.77. The topological polar surface area (TPSA) is 75.4 Å². The second-order valence-electron chi connectivity index (χ2n) is 5.01. The highest BCUT2D eigenvalue weighted by Gasteiger charge is 2.31. The molecule has 1 aromatic carbocycles. The summed E-state index contributed by atoms with van der Waals surface area (Å²) in [6.45, 7) is 1.08. The highest BCUT2D eigenvalue weighted by molar-refractivity contribution is 7.88. The predicted octanol–water partition coefficient (Wildman–Crippen LogP) is 0.951. The predicted molar refractivity (Wildman–Crippen MR) is 75.7 cm³/mol. The molecular weight excluding hydrogens is 278 g/mol. The minimum absolute atomic E-state index is 0.111. The van der Waals surface area contributed by atoms with Crippen molar-refractivity contribution in [2.24, 2.45) is 0 Å². The smallest absolute Gasteiger partial charge is 0.220 e. The van der Waals surface area contributed by atoms with Crippen LogP contribution in [-0.4, -0.2) is 44.1 Å². The Morgan fingerprint density at radius 2 is 2.25 bits per heavy atom. The largest absolute Gasteiger partial charge is 0.356 e. The number of hydrogen-bond donors (Lipinski definition) is 1. The van der Waals surface area contributed by atoms with Crippen molar-refractivity contribution in [3.8, 4) is 0 Å². The van der Waals surface area contributed by atoms with E-state index in [1.807, 2.05) is 25.2 Å². The third-order valence-electron chi connectivity index (χ3n) is 3.72. The molecule has 1 fully saturated rings. The summed E-state index contributed by atoms with van der Waals surface area (Å²) in [4.78, 5) is 0. The van der Waals surface area contributed by atoms with E-state index in [0.29, 0.717) is 24.4 Å². The lowest BCUT2D eigenvalue weighted by Crippen LogP contribution is -2.34. The van der Waals surface area contributed by atoms with Gasteiger partial charge in [-0.3, -0.25) is 0 Å². The quantitative estimate of drug-likeness (QED) is 0.909. The summed E-state index contributed by atoms with van der Waals surface area (Å²) in [6, 6.07) is 7.54. The molecule has 0 saturated carbocycles. The molecule has 0 spiro atoms. The average molecular weight is 295 g/mol. The first-order chi connectivity index (χ1) is 9.60. The highest BCUT2D eigenvalue weighted by atomic mass is 32.2. The van der Waals surface area contributed by atoms with Crippen LogP contribution in [0.5, 0.6) is 0 Å². The zero-order valence-electron chi connectivity index (χ0n) is 11.2. The maximum absolute atomic E-state index is 12.4. The molecule has 0 bridgehead atoms. The molecule has 20 heavy (non-hydrogen) atoms. The van der Waals surface area contributed by atoms with Gasteiger partial charge >= 0.3 is 0 Å². The zero-order valence-corrected chi connectivity index (χ0v) is 12.1. The van der Waals surface area contributed by atoms with Gasteiger partial charge < -0.3 is 9.84 Å². The van der Waals surface area contributed by atoms with Crippen LogP contribution >= 0.6 is 0 Å². The number of hydrogen-bond acceptors (Lipinski definition) is 5. The zero-order chi connectivity index (χ0) is 14.2. The fourth-order valence-corrected chi connectivity index (χ4v) is 4.05. The molecule has 1 atom stereocenters. The molecular formula is C13H17N3O3S.